The number of nitrogens with one attached hydrogen (secondary N) is 1. The first kappa shape index (κ1) is 12.4. The maximum atomic E-state index is 4.27. The second-order valence-corrected chi connectivity index (χ2v) is 3.76. The molecular weight excluding hydrogens is 212 g/mol. The van der Waals surface area contributed by atoms with Gasteiger partial charge in [-0.3, -0.25) is 14.9 Å². The topological polar surface area (TPSA) is 41.1 Å². The van der Waals surface area contributed by atoms with Crippen molar-refractivity contribution in [2.24, 2.45) is 0 Å². The molecule has 0 radical (unpaired) electrons. The lowest BCUT2D eigenvalue weighted by Crippen LogP contribution is -2.33. The molecule has 1 saturated heterocycles. The minimum atomic E-state index is 0. The summed E-state index contributed by atoms with van der Waals surface area (Å²) in [6, 6.07) is 0.650. The molecular formula is C10H17ClN4. The first-order valence-corrected chi connectivity index (χ1v) is 5.02. The summed E-state index contributed by atoms with van der Waals surface area (Å²) in [7, 11) is 2.15. The second kappa shape index (κ2) is 6.00. The molecule has 1 N–H and O–H groups in total. The number of rotatable bonds is 3. The number of hydrogen-bond acceptors (Lipinski definition) is 4. The minimum Gasteiger partial charge on any atom is -0.315 e. The van der Waals surface area contributed by atoms with Gasteiger partial charge in [0.1, 0.15) is 0 Å². The monoisotopic (exact) mass is 228 g/mol. The smallest absolute Gasteiger partial charge is 0.0726 e. The Morgan fingerprint density at radius 2 is 2.40 bits per heavy atom. The van der Waals surface area contributed by atoms with Crippen molar-refractivity contribution in [3.8, 4) is 0 Å². The Kier molecular flexibility index (Phi) is 4.94. The lowest BCUT2D eigenvalue weighted by atomic mass is 10.2. The molecule has 4 nitrogen and oxygen atoms in total. The number of hydrogen-bond donors (Lipinski definition) is 1. The van der Waals surface area contributed by atoms with Crippen molar-refractivity contribution in [2.45, 2.75) is 19.0 Å². The van der Waals surface area contributed by atoms with Crippen molar-refractivity contribution in [1.82, 2.24) is 20.2 Å². The van der Waals surface area contributed by atoms with Gasteiger partial charge in [0.25, 0.3) is 0 Å². The average molecular weight is 229 g/mol. The van der Waals surface area contributed by atoms with Crippen LogP contribution in [0.2, 0.25) is 0 Å². The molecule has 5 heteroatoms. The van der Waals surface area contributed by atoms with Crippen LogP contribution in [0.3, 0.4) is 0 Å². The zero-order valence-corrected chi connectivity index (χ0v) is 9.70. The van der Waals surface area contributed by atoms with Gasteiger partial charge in [-0.2, -0.15) is 0 Å². The SMILES string of the molecule is CN(Cc1cnccn1)[C@@H]1CCNC1.Cl. The summed E-state index contributed by atoms with van der Waals surface area (Å²) in [4.78, 5) is 10.7. The number of aromatic nitrogens is 2. The zero-order chi connectivity index (χ0) is 9.80. The van der Waals surface area contributed by atoms with Crippen molar-refractivity contribution in [3.05, 3.63) is 24.3 Å². The Hall–Kier alpha value is -0.710. The zero-order valence-electron chi connectivity index (χ0n) is 8.89. The summed E-state index contributed by atoms with van der Waals surface area (Å²) < 4.78 is 0. The van der Waals surface area contributed by atoms with E-state index in [-0.39, 0.29) is 12.4 Å². The minimum absolute atomic E-state index is 0. The van der Waals surface area contributed by atoms with Crippen LogP contribution in [0.1, 0.15) is 12.1 Å². The molecule has 2 rings (SSSR count). The molecule has 1 aromatic heterocycles. The van der Waals surface area contributed by atoms with Crippen LogP contribution in [0.25, 0.3) is 0 Å². The molecule has 1 atom stereocenters. The number of halogens is 1. The molecule has 0 unspecified atom stereocenters. The van der Waals surface area contributed by atoms with Gasteiger partial charge in [-0.15, -0.1) is 12.4 Å². The van der Waals surface area contributed by atoms with Crippen LogP contribution in [0, 0.1) is 0 Å². The van der Waals surface area contributed by atoms with Crippen LogP contribution >= 0.6 is 12.4 Å². The van der Waals surface area contributed by atoms with Gasteiger partial charge in [0.05, 0.1) is 5.69 Å². The van der Waals surface area contributed by atoms with E-state index in [1.54, 1.807) is 12.4 Å². The molecule has 1 aliphatic rings. The van der Waals surface area contributed by atoms with Crippen LogP contribution in [0.4, 0.5) is 0 Å². The van der Waals surface area contributed by atoms with Gasteiger partial charge in [-0.1, -0.05) is 0 Å². The molecule has 15 heavy (non-hydrogen) atoms. The molecule has 1 aliphatic heterocycles. The van der Waals surface area contributed by atoms with Gasteiger partial charge < -0.3 is 5.32 Å². The van der Waals surface area contributed by atoms with Crippen LogP contribution in [0.15, 0.2) is 18.6 Å². The first-order valence-electron chi connectivity index (χ1n) is 5.02. The van der Waals surface area contributed by atoms with Gasteiger partial charge in [0.2, 0.25) is 0 Å². The van der Waals surface area contributed by atoms with Crippen molar-refractivity contribution >= 4 is 12.4 Å². The summed E-state index contributed by atoms with van der Waals surface area (Å²) in [5, 5.41) is 3.36. The second-order valence-electron chi connectivity index (χ2n) is 3.76. The van der Waals surface area contributed by atoms with Crippen molar-refractivity contribution in [3.63, 3.8) is 0 Å². The Bertz CT molecular complexity index is 274. The highest BCUT2D eigenvalue weighted by Crippen LogP contribution is 2.08. The van der Waals surface area contributed by atoms with Gasteiger partial charge in [0, 0.05) is 37.7 Å². The predicted molar refractivity (Wildman–Crippen MR) is 62.0 cm³/mol. The van der Waals surface area contributed by atoms with Gasteiger partial charge in [0.15, 0.2) is 0 Å². The quantitative estimate of drug-likeness (QED) is 0.827. The summed E-state index contributed by atoms with van der Waals surface area (Å²) in [6.45, 7) is 3.12. The van der Waals surface area contributed by atoms with E-state index in [4.69, 9.17) is 0 Å². The standard InChI is InChI=1S/C10H16N4.ClH/c1-14(10-2-3-11-7-10)8-9-6-12-4-5-13-9;/h4-6,10-11H,2-3,7-8H2,1H3;1H/t10-;/m1./s1. The van der Waals surface area contributed by atoms with Crippen LogP contribution in [-0.4, -0.2) is 41.0 Å². The fraction of sp³-hybridized carbons (Fsp3) is 0.600. The van der Waals surface area contributed by atoms with Crippen molar-refractivity contribution in [1.29, 1.82) is 0 Å². The lowest BCUT2D eigenvalue weighted by Gasteiger charge is -2.22. The summed E-state index contributed by atoms with van der Waals surface area (Å²) in [5.41, 5.74) is 1.04. The summed E-state index contributed by atoms with van der Waals surface area (Å²) in [6.07, 6.45) is 6.52. The molecule has 2 heterocycles. The normalized spacial score (nSPS) is 20.3. The Labute approximate surface area is 96.5 Å². The van der Waals surface area contributed by atoms with Crippen molar-refractivity contribution in [2.75, 3.05) is 20.1 Å². The predicted octanol–water partition coefficient (Wildman–Crippen LogP) is 0.692. The fourth-order valence-electron chi connectivity index (χ4n) is 1.81. The lowest BCUT2D eigenvalue weighted by molar-refractivity contribution is 0.246. The van der Waals surface area contributed by atoms with E-state index in [2.05, 4.69) is 27.2 Å². The molecule has 84 valence electrons. The van der Waals surface area contributed by atoms with Crippen LogP contribution in [0.5, 0.6) is 0 Å². The Balaban J connectivity index is 0.00000112. The molecule has 0 amide bonds. The molecule has 0 spiro atoms. The van der Waals surface area contributed by atoms with Gasteiger partial charge in [-0.05, 0) is 20.0 Å². The molecule has 0 saturated carbocycles. The highest BCUT2D eigenvalue weighted by atomic mass is 35.5. The van der Waals surface area contributed by atoms with E-state index in [0.717, 1.165) is 25.3 Å². The fourth-order valence-corrected chi connectivity index (χ4v) is 1.81. The maximum Gasteiger partial charge on any atom is 0.0726 e. The largest absolute Gasteiger partial charge is 0.315 e. The van der Waals surface area contributed by atoms with E-state index in [9.17, 15) is 0 Å². The first-order chi connectivity index (χ1) is 6.86. The average Bonchev–Trinajstić information content (AvgIpc) is 2.72. The molecule has 1 aromatic rings. The van der Waals surface area contributed by atoms with E-state index in [1.165, 1.54) is 6.42 Å². The summed E-state index contributed by atoms with van der Waals surface area (Å²) in [5.74, 6) is 0. The van der Waals surface area contributed by atoms with E-state index < -0.39 is 0 Å². The third kappa shape index (κ3) is 3.41. The third-order valence-electron chi connectivity index (χ3n) is 2.69. The van der Waals surface area contributed by atoms with Crippen LogP contribution in [-0.2, 0) is 6.54 Å². The third-order valence-corrected chi connectivity index (χ3v) is 2.69. The molecule has 0 aliphatic carbocycles. The highest BCUT2D eigenvalue weighted by molar-refractivity contribution is 5.85. The summed E-state index contributed by atoms with van der Waals surface area (Å²) >= 11 is 0. The molecule has 1 fully saturated rings. The van der Waals surface area contributed by atoms with Crippen LogP contribution < -0.4 is 5.32 Å². The van der Waals surface area contributed by atoms with Gasteiger partial charge in [-0.25, -0.2) is 0 Å². The Morgan fingerprint density at radius 1 is 1.53 bits per heavy atom. The van der Waals surface area contributed by atoms with Crippen molar-refractivity contribution < 1.29 is 0 Å². The number of nitrogens with zero attached hydrogens (tertiary/aromatic N) is 3. The Morgan fingerprint density at radius 3 is 3.00 bits per heavy atom. The number of likely N-dealkylation sites (N-methyl/N-ethyl adjacent to an activating group) is 1. The van der Waals surface area contributed by atoms with E-state index in [0.29, 0.717) is 6.04 Å². The van der Waals surface area contributed by atoms with E-state index >= 15 is 0 Å². The maximum absolute atomic E-state index is 4.27. The highest BCUT2D eigenvalue weighted by Gasteiger charge is 2.19. The van der Waals surface area contributed by atoms with E-state index in [1.807, 2.05) is 6.20 Å². The van der Waals surface area contributed by atoms with Gasteiger partial charge >= 0.3 is 0 Å². The molecule has 0 bridgehead atoms. The molecule has 0 aromatic carbocycles.